The van der Waals surface area contributed by atoms with E-state index >= 15 is 0 Å². The number of nitrogens with zero attached hydrogens (tertiary/aromatic N) is 1. The van der Waals surface area contributed by atoms with Crippen molar-refractivity contribution in [2.45, 2.75) is 206 Å². The van der Waals surface area contributed by atoms with E-state index in [2.05, 4.69) is 19.2 Å². The SMILES string of the molecule is CCCCCCCCCCCCCCCCC/C=C/C(O)C(COP(=O)([O-])OCC[N+](C)(C)C)NC(=O)CCCCCCCCCCCCC. The summed E-state index contributed by atoms with van der Waals surface area (Å²) in [5.74, 6) is -0.198. The maximum absolute atomic E-state index is 12.8. The Morgan fingerprint density at radius 1 is 0.680 bits per heavy atom. The number of hydrogen-bond acceptors (Lipinski definition) is 6. The summed E-state index contributed by atoms with van der Waals surface area (Å²) in [4.78, 5) is 25.2. The fraction of sp³-hybridized carbons (Fsp3) is 0.927. The first-order valence-corrected chi connectivity index (χ1v) is 22.5. The zero-order valence-electron chi connectivity index (χ0n) is 33.6. The average molecular weight is 731 g/mol. The Bertz CT molecular complexity index is 834. The highest BCUT2D eigenvalue weighted by Crippen LogP contribution is 2.38. The summed E-state index contributed by atoms with van der Waals surface area (Å²) in [5.41, 5.74) is 0. The third-order valence-electron chi connectivity index (χ3n) is 9.50. The molecule has 50 heavy (non-hydrogen) atoms. The summed E-state index contributed by atoms with van der Waals surface area (Å²) < 4.78 is 23.1. The Morgan fingerprint density at radius 2 is 1.08 bits per heavy atom. The first-order valence-electron chi connectivity index (χ1n) is 21.1. The molecular formula is C41H83N2O6P. The normalized spacial score (nSPS) is 14.6. The lowest BCUT2D eigenvalue weighted by Crippen LogP contribution is -2.45. The van der Waals surface area contributed by atoms with Crippen molar-refractivity contribution < 1.29 is 32.9 Å². The van der Waals surface area contributed by atoms with Crippen LogP contribution in [-0.2, 0) is 18.4 Å². The number of aliphatic hydroxyl groups is 1. The lowest BCUT2D eigenvalue weighted by Gasteiger charge is -2.29. The van der Waals surface area contributed by atoms with E-state index in [-0.39, 0.29) is 19.1 Å². The van der Waals surface area contributed by atoms with Gasteiger partial charge < -0.3 is 28.8 Å². The molecule has 0 radical (unpaired) electrons. The minimum atomic E-state index is -4.58. The van der Waals surface area contributed by atoms with E-state index in [1.165, 1.54) is 135 Å². The van der Waals surface area contributed by atoms with Crippen molar-refractivity contribution in [1.29, 1.82) is 0 Å². The minimum Gasteiger partial charge on any atom is -0.756 e. The first kappa shape index (κ1) is 49.2. The lowest BCUT2D eigenvalue weighted by molar-refractivity contribution is -0.870. The smallest absolute Gasteiger partial charge is 0.268 e. The molecule has 0 aromatic carbocycles. The predicted octanol–water partition coefficient (Wildman–Crippen LogP) is 10.6. The van der Waals surface area contributed by atoms with Gasteiger partial charge in [0.15, 0.2) is 0 Å². The summed E-state index contributed by atoms with van der Waals surface area (Å²) in [6.45, 7) is 4.64. The molecule has 0 saturated heterocycles. The van der Waals surface area contributed by atoms with Gasteiger partial charge in [-0.2, -0.15) is 0 Å². The van der Waals surface area contributed by atoms with Crippen molar-refractivity contribution in [1.82, 2.24) is 5.32 Å². The zero-order valence-corrected chi connectivity index (χ0v) is 34.5. The number of hydrogen-bond donors (Lipinski definition) is 2. The van der Waals surface area contributed by atoms with E-state index < -0.39 is 20.0 Å². The van der Waals surface area contributed by atoms with Gasteiger partial charge in [-0.3, -0.25) is 9.36 Å². The van der Waals surface area contributed by atoms with Crippen molar-refractivity contribution in [2.24, 2.45) is 0 Å². The van der Waals surface area contributed by atoms with Crippen molar-refractivity contribution in [3.05, 3.63) is 12.2 Å². The molecule has 9 heteroatoms. The van der Waals surface area contributed by atoms with Gasteiger partial charge in [0.05, 0.1) is 39.9 Å². The van der Waals surface area contributed by atoms with Gasteiger partial charge in [-0.1, -0.05) is 180 Å². The fourth-order valence-electron chi connectivity index (χ4n) is 6.09. The van der Waals surface area contributed by atoms with E-state index in [1.807, 2.05) is 27.2 Å². The van der Waals surface area contributed by atoms with Gasteiger partial charge >= 0.3 is 0 Å². The van der Waals surface area contributed by atoms with Crippen LogP contribution in [0.3, 0.4) is 0 Å². The molecule has 298 valence electrons. The molecule has 2 N–H and O–H groups in total. The molecule has 0 aliphatic rings. The van der Waals surface area contributed by atoms with Gasteiger partial charge in [-0.25, -0.2) is 0 Å². The molecule has 0 fully saturated rings. The summed E-state index contributed by atoms with van der Waals surface area (Å²) in [6.07, 6.45) is 36.8. The third kappa shape index (κ3) is 35.6. The number of phosphoric ester groups is 1. The number of unbranched alkanes of at least 4 members (excludes halogenated alkanes) is 25. The van der Waals surface area contributed by atoms with E-state index in [0.717, 1.165) is 38.5 Å². The van der Waals surface area contributed by atoms with Crippen LogP contribution < -0.4 is 10.2 Å². The Kier molecular flexibility index (Phi) is 33.5. The molecule has 3 unspecified atom stereocenters. The standard InChI is InChI=1S/C41H83N2O6P/c1-6-8-10-12-14-16-18-19-20-21-22-23-25-26-28-30-32-34-40(44)39(38-49-50(46,47)48-37-36-43(3,4)5)42-41(45)35-33-31-29-27-24-17-15-13-11-9-7-2/h32,34,39-40,44H,6-31,33,35-38H2,1-5H3,(H-,42,45,46,47)/b34-32+. The first-order chi connectivity index (χ1) is 24.0. The lowest BCUT2D eigenvalue weighted by atomic mass is 10.0. The maximum atomic E-state index is 12.8. The highest BCUT2D eigenvalue weighted by molar-refractivity contribution is 7.45. The Labute approximate surface area is 310 Å². The van der Waals surface area contributed by atoms with E-state index in [1.54, 1.807) is 6.08 Å². The second-order valence-electron chi connectivity index (χ2n) is 15.7. The van der Waals surface area contributed by atoms with E-state index in [9.17, 15) is 19.4 Å². The fourth-order valence-corrected chi connectivity index (χ4v) is 6.82. The monoisotopic (exact) mass is 731 g/mol. The molecule has 0 saturated carbocycles. The number of carbonyl (C=O) groups excluding carboxylic acids is 1. The summed E-state index contributed by atoms with van der Waals surface area (Å²) >= 11 is 0. The van der Waals surface area contributed by atoms with Gasteiger partial charge in [0.1, 0.15) is 13.2 Å². The van der Waals surface area contributed by atoms with Crippen molar-refractivity contribution in [2.75, 3.05) is 40.9 Å². The Balaban J connectivity index is 4.43. The van der Waals surface area contributed by atoms with Crippen LogP contribution in [0.5, 0.6) is 0 Å². The second-order valence-corrected chi connectivity index (χ2v) is 17.1. The second kappa shape index (κ2) is 34.0. The number of phosphoric acid groups is 1. The van der Waals surface area contributed by atoms with Crippen LogP contribution in [0, 0.1) is 0 Å². The minimum absolute atomic E-state index is 0.00186. The molecule has 0 bridgehead atoms. The van der Waals surface area contributed by atoms with Crippen LogP contribution in [0.15, 0.2) is 12.2 Å². The largest absolute Gasteiger partial charge is 0.756 e. The van der Waals surface area contributed by atoms with E-state index in [4.69, 9.17) is 9.05 Å². The molecule has 1 amide bonds. The molecule has 8 nitrogen and oxygen atoms in total. The summed E-state index contributed by atoms with van der Waals surface area (Å²) in [5, 5.41) is 13.7. The van der Waals surface area contributed by atoms with Crippen molar-refractivity contribution in [3.63, 3.8) is 0 Å². The molecule has 0 aliphatic heterocycles. The predicted molar refractivity (Wildman–Crippen MR) is 210 cm³/mol. The molecule has 0 heterocycles. The van der Waals surface area contributed by atoms with Gasteiger partial charge in [0.2, 0.25) is 5.91 Å². The molecule has 0 spiro atoms. The quantitative estimate of drug-likeness (QED) is 0.0283. The summed E-state index contributed by atoms with van der Waals surface area (Å²) in [7, 11) is 1.27. The highest BCUT2D eigenvalue weighted by Gasteiger charge is 2.23. The molecule has 3 atom stereocenters. The Morgan fingerprint density at radius 3 is 1.50 bits per heavy atom. The topological polar surface area (TPSA) is 108 Å². The van der Waals surface area contributed by atoms with Crippen molar-refractivity contribution in [3.8, 4) is 0 Å². The van der Waals surface area contributed by atoms with Gasteiger partial charge in [-0.15, -0.1) is 0 Å². The molecular weight excluding hydrogens is 647 g/mol. The van der Waals surface area contributed by atoms with Gasteiger partial charge in [0, 0.05) is 6.42 Å². The van der Waals surface area contributed by atoms with Crippen LogP contribution in [0.25, 0.3) is 0 Å². The molecule has 0 aromatic rings. The van der Waals surface area contributed by atoms with Gasteiger partial charge in [-0.05, 0) is 19.3 Å². The number of carbonyl (C=O) groups is 1. The van der Waals surface area contributed by atoms with Crippen molar-refractivity contribution >= 4 is 13.7 Å². The third-order valence-corrected chi connectivity index (χ3v) is 10.5. The Hall–Kier alpha value is -0.760. The molecule has 0 rings (SSSR count). The van der Waals surface area contributed by atoms with E-state index in [0.29, 0.717) is 17.4 Å². The van der Waals surface area contributed by atoms with Crippen LogP contribution in [0.2, 0.25) is 0 Å². The number of nitrogens with one attached hydrogen (secondary N) is 1. The number of aliphatic hydroxyl groups excluding tert-OH is 1. The number of likely N-dealkylation sites (N-methyl/N-ethyl adjacent to an activating group) is 1. The number of allylic oxidation sites excluding steroid dienone is 1. The molecule has 0 aromatic heterocycles. The number of rotatable bonds is 38. The van der Waals surface area contributed by atoms with Gasteiger partial charge in [0.25, 0.3) is 7.82 Å². The number of amides is 1. The zero-order chi connectivity index (χ0) is 37.2. The highest BCUT2D eigenvalue weighted by atomic mass is 31.2. The maximum Gasteiger partial charge on any atom is 0.268 e. The van der Waals surface area contributed by atoms with Crippen LogP contribution >= 0.6 is 7.82 Å². The molecule has 0 aliphatic carbocycles. The van der Waals surface area contributed by atoms with Crippen LogP contribution in [0.1, 0.15) is 194 Å². The van der Waals surface area contributed by atoms with Crippen LogP contribution in [0.4, 0.5) is 0 Å². The number of quaternary nitrogens is 1. The average Bonchev–Trinajstić information content (AvgIpc) is 3.06. The van der Waals surface area contributed by atoms with Crippen LogP contribution in [-0.4, -0.2) is 68.5 Å². The summed E-state index contributed by atoms with van der Waals surface area (Å²) in [6, 6.07) is -0.878.